The number of alkyl halides is 5. The topological polar surface area (TPSA) is 0 Å². The molecule has 0 fully saturated rings. The number of hydrogen-bond acceptors (Lipinski definition) is 0. The van der Waals surface area contributed by atoms with Crippen molar-refractivity contribution in [1.82, 2.24) is 0 Å². The lowest BCUT2D eigenvalue weighted by Gasteiger charge is -2.50. The molecule has 0 aliphatic heterocycles. The van der Waals surface area contributed by atoms with Crippen molar-refractivity contribution in [3.63, 3.8) is 0 Å². The van der Waals surface area contributed by atoms with Crippen LogP contribution in [0.1, 0.15) is 16.7 Å². The van der Waals surface area contributed by atoms with Crippen LogP contribution < -0.4 is 0 Å². The summed E-state index contributed by atoms with van der Waals surface area (Å²) >= 11 is 58.3. The molecule has 0 aromatic heterocycles. The van der Waals surface area contributed by atoms with Crippen LogP contribution in [0.25, 0.3) is 0 Å². The summed E-state index contributed by atoms with van der Waals surface area (Å²) in [5, 5.41) is 0. The molecule has 1 atom stereocenters. The standard InChI is InChI=1S/C21H5Br15/c22-9-7(10(23)14(27)17(30)13(9)26)19(32,20(33,34)6-4-2-1-3-5-6)21(35,36)8-11(24)15(28)18(31)16(29)12(8)25/h1-5H. The molecule has 194 valence electrons. The third-order valence-corrected chi connectivity index (χ3v) is 25.1. The molecule has 0 radical (unpaired) electrons. The van der Waals surface area contributed by atoms with Crippen LogP contribution in [0.4, 0.5) is 0 Å². The molecular weight excluding hydrogens is 1450 g/mol. The third kappa shape index (κ3) is 5.94. The molecule has 0 nitrogen and oxygen atoms in total. The van der Waals surface area contributed by atoms with Crippen molar-refractivity contribution >= 4 is 239 Å². The summed E-state index contributed by atoms with van der Waals surface area (Å²) in [5.74, 6) is 0. The molecule has 0 saturated carbocycles. The molecule has 0 amide bonds. The average molecular weight is 1460 g/mol. The van der Waals surface area contributed by atoms with Crippen molar-refractivity contribution in [1.29, 1.82) is 0 Å². The molecule has 0 N–H and O–H groups in total. The van der Waals surface area contributed by atoms with Gasteiger partial charge in [-0.05, 0) is 165 Å². The highest BCUT2D eigenvalue weighted by molar-refractivity contribution is 9.27. The van der Waals surface area contributed by atoms with Crippen LogP contribution in [0.15, 0.2) is 75.1 Å². The van der Waals surface area contributed by atoms with E-state index in [0.717, 1.165) is 61.4 Å². The summed E-state index contributed by atoms with van der Waals surface area (Å²) in [7, 11) is 0. The molecule has 15 heteroatoms. The molecule has 3 aromatic rings. The zero-order chi connectivity index (χ0) is 27.5. The molecule has 0 saturated heterocycles. The zero-order valence-corrected chi connectivity index (χ0v) is 40.3. The summed E-state index contributed by atoms with van der Waals surface area (Å²) in [6.45, 7) is 0. The van der Waals surface area contributed by atoms with Crippen molar-refractivity contribution in [3.8, 4) is 0 Å². The van der Waals surface area contributed by atoms with Gasteiger partial charge in [0.2, 0.25) is 0 Å². The van der Waals surface area contributed by atoms with Crippen molar-refractivity contribution in [2.45, 2.75) is 10.8 Å². The van der Waals surface area contributed by atoms with Crippen LogP contribution in [-0.4, -0.2) is 0 Å². The van der Waals surface area contributed by atoms with Crippen LogP contribution in [-0.2, 0) is 10.8 Å². The van der Waals surface area contributed by atoms with Gasteiger partial charge >= 0.3 is 0 Å². The van der Waals surface area contributed by atoms with E-state index in [9.17, 15) is 0 Å². The summed E-state index contributed by atoms with van der Waals surface area (Å²) in [6, 6.07) is 10.1. The van der Waals surface area contributed by atoms with Gasteiger partial charge in [0.1, 0.15) is 10.8 Å². The quantitative estimate of drug-likeness (QED) is 0.136. The summed E-state index contributed by atoms with van der Waals surface area (Å²) in [5.41, 5.74) is 2.72. The molecule has 0 aliphatic rings. The van der Waals surface area contributed by atoms with Crippen LogP contribution in [0.2, 0.25) is 0 Å². The monoisotopic (exact) mass is 1440 g/mol. The van der Waals surface area contributed by atoms with Crippen LogP contribution in [0.3, 0.4) is 0 Å². The van der Waals surface area contributed by atoms with E-state index in [1.165, 1.54) is 0 Å². The first kappa shape index (κ1) is 35.3. The lowest BCUT2D eigenvalue weighted by molar-refractivity contribution is 0.558. The second-order valence-corrected chi connectivity index (χ2v) is 23.1. The van der Waals surface area contributed by atoms with E-state index in [-0.39, 0.29) is 0 Å². The highest BCUT2D eigenvalue weighted by atomic mass is 79.9. The predicted molar refractivity (Wildman–Crippen MR) is 206 cm³/mol. The fourth-order valence-electron chi connectivity index (χ4n) is 3.32. The lowest BCUT2D eigenvalue weighted by Crippen LogP contribution is -2.48. The van der Waals surface area contributed by atoms with Gasteiger partial charge in [0.15, 0.2) is 0 Å². The van der Waals surface area contributed by atoms with E-state index in [1.54, 1.807) is 0 Å². The molecule has 36 heavy (non-hydrogen) atoms. The fraction of sp³-hybridized carbons (Fsp3) is 0.143. The first-order valence-electron chi connectivity index (χ1n) is 9.00. The summed E-state index contributed by atoms with van der Waals surface area (Å²) < 4.78 is 5.52. The zero-order valence-electron chi connectivity index (χ0n) is 16.6. The number of hydrogen-bond donors (Lipinski definition) is 0. The fourth-order valence-corrected chi connectivity index (χ4v) is 17.4. The first-order valence-corrected chi connectivity index (χ1v) is 20.9. The molecule has 3 aromatic carbocycles. The van der Waals surface area contributed by atoms with Gasteiger partial charge < -0.3 is 0 Å². The third-order valence-electron chi connectivity index (χ3n) is 5.08. The van der Waals surface area contributed by atoms with E-state index in [4.69, 9.17) is 0 Å². The molecule has 3 rings (SSSR count). The molecule has 0 heterocycles. The molecule has 0 spiro atoms. The van der Waals surface area contributed by atoms with Gasteiger partial charge in [-0.1, -0.05) is 110 Å². The number of rotatable bonds is 5. The minimum Gasteiger partial charge on any atom is -0.0743 e. The Bertz CT molecular complexity index is 1290. The maximum atomic E-state index is 4.25. The van der Waals surface area contributed by atoms with Gasteiger partial charge in [0, 0.05) is 55.9 Å². The van der Waals surface area contributed by atoms with E-state index in [1.807, 2.05) is 18.2 Å². The normalized spacial score (nSPS) is 14.2. The predicted octanol–water partition coefficient (Wildman–Crippen LogP) is 16.2. The van der Waals surface area contributed by atoms with E-state index in [0.29, 0.717) is 0 Å². The second-order valence-electron chi connectivity index (χ2n) is 7.06. The smallest absolute Gasteiger partial charge is 0.0743 e. The summed E-state index contributed by atoms with van der Waals surface area (Å²) in [6.07, 6.45) is 0. The SMILES string of the molecule is Brc1c(Br)c(Br)c(C(Br)(Br)C(Br)(c2c(Br)c(Br)c(Br)c(Br)c2Br)C(Br)(Br)c2ccccc2)c(Br)c1Br. The van der Waals surface area contributed by atoms with Gasteiger partial charge in [-0.25, -0.2) is 0 Å². The second kappa shape index (κ2) is 13.5. The van der Waals surface area contributed by atoms with Crippen molar-refractivity contribution in [3.05, 3.63) is 91.7 Å². The minimum absolute atomic E-state index is 0.825. The minimum atomic E-state index is -1.00. The van der Waals surface area contributed by atoms with Crippen molar-refractivity contribution in [2.75, 3.05) is 0 Å². The largest absolute Gasteiger partial charge is 0.129 e. The van der Waals surface area contributed by atoms with Crippen LogP contribution >= 0.6 is 239 Å². The van der Waals surface area contributed by atoms with E-state index < -0.39 is 10.8 Å². The van der Waals surface area contributed by atoms with E-state index in [2.05, 4.69) is 251 Å². The Labute approximate surface area is 335 Å². The van der Waals surface area contributed by atoms with Gasteiger partial charge in [0.25, 0.3) is 0 Å². The molecular formula is C21H5Br15. The highest BCUT2D eigenvalue weighted by Crippen LogP contribution is 2.73. The van der Waals surface area contributed by atoms with Crippen LogP contribution in [0, 0.1) is 0 Å². The van der Waals surface area contributed by atoms with Crippen molar-refractivity contribution < 1.29 is 0 Å². The number of halogens is 15. The Hall–Kier alpha value is 4.86. The summed E-state index contributed by atoms with van der Waals surface area (Å²) in [4.78, 5) is 0. The van der Waals surface area contributed by atoms with Gasteiger partial charge in [-0.3, -0.25) is 0 Å². The first-order chi connectivity index (χ1) is 16.5. The Kier molecular flexibility index (Phi) is 13.2. The Balaban J connectivity index is 2.61. The molecule has 1 unspecified atom stereocenters. The number of benzene rings is 3. The highest BCUT2D eigenvalue weighted by Gasteiger charge is 2.64. The van der Waals surface area contributed by atoms with Gasteiger partial charge in [0.05, 0.1) is 0 Å². The Morgan fingerprint density at radius 2 is 0.667 bits per heavy atom. The van der Waals surface area contributed by atoms with Crippen molar-refractivity contribution in [2.24, 2.45) is 0 Å². The molecule has 0 aliphatic carbocycles. The van der Waals surface area contributed by atoms with Gasteiger partial charge in [-0.2, -0.15) is 0 Å². The van der Waals surface area contributed by atoms with Gasteiger partial charge in [-0.15, -0.1) is 0 Å². The Morgan fingerprint density at radius 3 is 1.03 bits per heavy atom. The molecule has 0 bridgehead atoms. The average Bonchev–Trinajstić information content (AvgIpc) is 2.84. The van der Waals surface area contributed by atoms with E-state index >= 15 is 0 Å². The lowest BCUT2D eigenvalue weighted by atomic mass is 9.85. The maximum Gasteiger partial charge on any atom is 0.129 e. The maximum absolute atomic E-state index is 4.25. The Morgan fingerprint density at radius 1 is 0.361 bits per heavy atom. The van der Waals surface area contributed by atoms with Crippen LogP contribution in [0.5, 0.6) is 0 Å².